The number of likely N-dealkylation sites (tertiary alicyclic amines) is 1. The first-order valence-corrected chi connectivity index (χ1v) is 7.59. The number of carbonyl (C=O) groups excluding carboxylic acids is 1. The molecule has 0 bridgehead atoms. The fraction of sp³-hybridized carbons (Fsp3) is 0.467. The molecule has 4 N–H and O–H groups in total. The highest BCUT2D eigenvalue weighted by Gasteiger charge is 2.25. The number of nitrogens with zero attached hydrogens (tertiary/aromatic N) is 4. The number of nitrogens with one attached hydrogen (secondary N) is 1. The zero-order valence-electron chi connectivity index (χ0n) is 13.8. The summed E-state index contributed by atoms with van der Waals surface area (Å²) < 4.78 is 0. The van der Waals surface area contributed by atoms with Gasteiger partial charge >= 0.3 is 5.97 Å². The number of hydrogen-bond acceptors (Lipinski definition) is 7. The molecule has 1 unspecified atom stereocenters. The summed E-state index contributed by atoms with van der Waals surface area (Å²) >= 11 is 0. The molecule has 1 saturated heterocycles. The Bertz CT molecular complexity index is 646. The molecule has 1 aliphatic rings. The zero-order valence-corrected chi connectivity index (χ0v) is 13.8. The summed E-state index contributed by atoms with van der Waals surface area (Å²) in [6.07, 6.45) is 5.35. The number of likely N-dealkylation sites (N-methyl/N-ethyl adjacent to an activating group) is 1. The summed E-state index contributed by atoms with van der Waals surface area (Å²) in [6, 6.07) is 0.00581. The molecule has 1 atom stereocenters. The van der Waals surface area contributed by atoms with E-state index < -0.39 is 5.97 Å². The maximum atomic E-state index is 12.1. The lowest BCUT2D eigenvalue weighted by molar-refractivity contribution is -0.125. The average Bonchev–Trinajstić information content (AvgIpc) is 2.95. The number of carbonyl (C=O) groups is 2. The van der Waals surface area contributed by atoms with Crippen molar-refractivity contribution in [2.45, 2.75) is 12.5 Å². The fourth-order valence-electron chi connectivity index (χ4n) is 2.36. The van der Waals surface area contributed by atoms with E-state index >= 15 is 0 Å². The minimum Gasteiger partial charge on any atom is -0.477 e. The van der Waals surface area contributed by atoms with Gasteiger partial charge in [0.1, 0.15) is 11.4 Å². The number of anilines is 2. The van der Waals surface area contributed by atoms with Crippen LogP contribution >= 0.6 is 0 Å². The molecule has 1 fully saturated rings. The predicted molar refractivity (Wildman–Crippen MR) is 89.7 cm³/mol. The second kappa shape index (κ2) is 7.73. The van der Waals surface area contributed by atoms with Gasteiger partial charge in [-0.05, 0) is 20.5 Å². The summed E-state index contributed by atoms with van der Waals surface area (Å²) in [5.74, 6) is -1.01. The summed E-state index contributed by atoms with van der Waals surface area (Å²) in [7, 11) is 3.87. The van der Waals surface area contributed by atoms with Crippen molar-refractivity contribution in [2.75, 3.05) is 44.8 Å². The Kier molecular flexibility index (Phi) is 5.69. The lowest BCUT2D eigenvalue weighted by atomic mass is 10.3. The highest BCUT2D eigenvalue weighted by Crippen LogP contribution is 2.16. The van der Waals surface area contributed by atoms with Gasteiger partial charge in [-0.3, -0.25) is 4.79 Å². The van der Waals surface area contributed by atoms with Crippen LogP contribution in [0.5, 0.6) is 0 Å². The van der Waals surface area contributed by atoms with Gasteiger partial charge in [-0.1, -0.05) is 6.08 Å². The van der Waals surface area contributed by atoms with Crippen molar-refractivity contribution < 1.29 is 14.7 Å². The molecular formula is C15H22N6O3. The van der Waals surface area contributed by atoms with Gasteiger partial charge in [-0.2, -0.15) is 4.98 Å². The standard InChI is InChI=1S/C15H22N6O3/c1-20(2)6-3-4-12(22)21-7-5-10(9-21)18-15-17-8-11(14(23)24)13(16)19-15/h3-4,8,10H,5-7,9H2,1-2H3,(H,23,24)(H3,16,17,18,19)/b4-3+. The topological polar surface area (TPSA) is 125 Å². The number of carboxylic acids is 1. The fourth-order valence-corrected chi connectivity index (χ4v) is 2.36. The Labute approximate surface area is 140 Å². The van der Waals surface area contributed by atoms with E-state index in [1.54, 1.807) is 11.0 Å². The summed E-state index contributed by atoms with van der Waals surface area (Å²) in [5, 5.41) is 12.0. The van der Waals surface area contributed by atoms with E-state index in [0.717, 1.165) is 6.42 Å². The third-order valence-electron chi connectivity index (χ3n) is 3.61. The first-order valence-electron chi connectivity index (χ1n) is 7.59. The van der Waals surface area contributed by atoms with Gasteiger partial charge in [0, 0.05) is 37.9 Å². The smallest absolute Gasteiger partial charge is 0.341 e. The number of nitrogen functional groups attached to an aromatic ring is 1. The number of rotatable bonds is 6. The predicted octanol–water partition coefficient (Wildman–Crippen LogP) is -0.112. The summed E-state index contributed by atoms with van der Waals surface area (Å²) in [6.45, 7) is 1.89. The van der Waals surface area contributed by atoms with Gasteiger partial charge in [0.05, 0.1) is 0 Å². The molecule has 9 heteroatoms. The molecule has 1 aromatic rings. The monoisotopic (exact) mass is 334 g/mol. The number of carboxylic acid groups (broad SMARTS) is 1. The van der Waals surface area contributed by atoms with E-state index in [-0.39, 0.29) is 29.3 Å². The lowest BCUT2D eigenvalue weighted by Gasteiger charge is -2.15. The molecule has 0 radical (unpaired) electrons. The van der Waals surface area contributed by atoms with Crippen molar-refractivity contribution in [3.8, 4) is 0 Å². The van der Waals surface area contributed by atoms with Gasteiger partial charge in [0.2, 0.25) is 11.9 Å². The van der Waals surface area contributed by atoms with Gasteiger partial charge in [0.15, 0.2) is 0 Å². The maximum absolute atomic E-state index is 12.1. The molecule has 0 spiro atoms. The van der Waals surface area contributed by atoms with Gasteiger partial charge in [-0.25, -0.2) is 9.78 Å². The van der Waals surface area contributed by atoms with Crippen LogP contribution in [0.3, 0.4) is 0 Å². The van der Waals surface area contributed by atoms with E-state index in [2.05, 4.69) is 15.3 Å². The Morgan fingerprint density at radius 1 is 1.54 bits per heavy atom. The summed E-state index contributed by atoms with van der Waals surface area (Å²) in [4.78, 5) is 34.6. The number of nitrogens with two attached hydrogens (primary N) is 1. The van der Waals surface area contributed by atoms with Crippen molar-refractivity contribution in [2.24, 2.45) is 0 Å². The van der Waals surface area contributed by atoms with Crippen molar-refractivity contribution >= 4 is 23.6 Å². The Morgan fingerprint density at radius 3 is 2.92 bits per heavy atom. The van der Waals surface area contributed by atoms with Gasteiger partial charge in [-0.15, -0.1) is 0 Å². The van der Waals surface area contributed by atoms with Crippen LogP contribution in [0.1, 0.15) is 16.8 Å². The molecule has 24 heavy (non-hydrogen) atoms. The van der Waals surface area contributed by atoms with Crippen LogP contribution in [0.2, 0.25) is 0 Å². The van der Waals surface area contributed by atoms with Gasteiger partial charge in [0.25, 0.3) is 0 Å². The van der Waals surface area contributed by atoms with E-state index in [1.165, 1.54) is 6.20 Å². The number of amides is 1. The molecule has 2 heterocycles. The first-order chi connectivity index (χ1) is 11.4. The molecule has 0 saturated carbocycles. The quantitative estimate of drug-likeness (QED) is 0.615. The molecule has 1 aliphatic heterocycles. The van der Waals surface area contributed by atoms with Crippen molar-refractivity contribution in [1.82, 2.24) is 19.8 Å². The average molecular weight is 334 g/mol. The summed E-state index contributed by atoms with van der Waals surface area (Å²) in [5.41, 5.74) is 5.47. The first kappa shape index (κ1) is 17.7. The van der Waals surface area contributed by atoms with Crippen LogP contribution in [0.15, 0.2) is 18.3 Å². The van der Waals surface area contributed by atoms with Crippen LogP contribution < -0.4 is 11.1 Å². The Hall–Kier alpha value is -2.68. The molecule has 0 aromatic carbocycles. The minimum absolute atomic E-state index is 0.00581. The van der Waals surface area contributed by atoms with E-state index in [0.29, 0.717) is 19.6 Å². The lowest BCUT2D eigenvalue weighted by Crippen LogP contribution is -2.31. The molecule has 2 rings (SSSR count). The SMILES string of the molecule is CN(C)C/C=C/C(=O)N1CCC(Nc2ncc(C(=O)O)c(N)n2)C1. The van der Waals surface area contributed by atoms with Crippen LogP contribution in [0.4, 0.5) is 11.8 Å². The maximum Gasteiger partial charge on any atom is 0.341 e. The number of hydrogen-bond donors (Lipinski definition) is 3. The van der Waals surface area contributed by atoms with Crippen LogP contribution in [0.25, 0.3) is 0 Å². The second-order valence-electron chi connectivity index (χ2n) is 5.88. The molecule has 1 aromatic heterocycles. The van der Waals surface area contributed by atoms with Gasteiger partial charge < -0.3 is 26.0 Å². The molecule has 130 valence electrons. The van der Waals surface area contributed by atoms with E-state index in [9.17, 15) is 9.59 Å². The minimum atomic E-state index is -1.17. The highest BCUT2D eigenvalue weighted by atomic mass is 16.4. The Balaban J connectivity index is 1.90. The highest BCUT2D eigenvalue weighted by molar-refractivity contribution is 5.92. The molecule has 1 amide bonds. The van der Waals surface area contributed by atoms with E-state index in [4.69, 9.17) is 10.8 Å². The van der Waals surface area contributed by atoms with Crippen LogP contribution in [0, 0.1) is 0 Å². The number of aromatic nitrogens is 2. The third-order valence-corrected chi connectivity index (χ3v) is 3.61. The largest absolute Gasteiger partial charge is 0.477 e. The zero-order chi connectivity index (χ0) is 17.7. The van der Waals surface area contributed by atoms with Crippen LogP contribution in [-0.4, -0.2) is 76.5 Å². The molecule has 0 aliphatic carbocycles. The molecule has 9 nitrogen and oxygen atoms in total. The normalized spacial score (nSPS) is 17.6. The second-order valence-corrected chi connectivity index (χ2v) is 5.88. The number of aromatic carboxylic acids is 1. The van der Waals surface area contributed by atoms with Crippen molar-refractivity contribution in [1.29, 1.82) is 0 Å². The van der Waals surface area contributed by atoms with Crippen LogP contribution in [-0.2, 0) is 4.79 Å². The van der Waals surface area contributed by atoms with E-state index in [1.807, 2.05) is 25.1 Å². The van der Waals surface area contributed by atoms with Crippen molar-refractivity contribution in [3.63, 3.8) is 0 Å². The molecular weight excluding hydrogens is 312 g/mol. The third kappa shape index (κ3) is 4.66. The van der Waals surface area contributed by atoms with Crippen molar-refractivity contribution in [3.05, 3.63) is 23.9 Å². The Morgan fingerprint density at radius 2 is 2.29 bits per heavy atom.